The third kappa shape index (κ3) is 3.20. The molecule has 3 rings (SSSR count). The zero-order valence-corrected chi connectivity index (χ0v) is 13.8. The van der Waals surface area contributed by atoms with Gasteiger partial charge in [-0.1, -0.05) is 29.0 Å². The van der Waals surface area contributed by atoms with Gasteiger partial charge < -0.3 is 10.2 Å². The van der Waals surface area contributed by atoms with E-state index in [0.717, 1.165) is 10.6 Å². The van der Waals surface area contributed by atoms with Crippen molar-refractivity contribution in [1.82, 2.24) is 9.88 Å². The van der Waals surface area contributed by atoms with Gasteiger partial charge in [-0.3, -0.25) is 9.59 Å². The molecule has 0 bridgehead atoms. The number of rotatable bonds is 2. The molecule has 0 fully saturated rings. The van der Waals surface area contributed by atoms with E-state index in [9.17, 15) is 14.0 Å². The van der Waals surface area contributed by atoms with Gasteiger partial charge in [-0.15, -0.1) is 0 Å². The van der Waals surface area contributed by atoms with Crippen molar-refractivity contribution in [2.45, 2.75) is 19.9 Å². The zero-order chi connectivity index (χ0) is 16.6. The van der Waals surface area contributed by atoms with Crippen molar-refractivity contribution in [2.24, 2.45) is 0 Å². The largest absolute Gasteiger partial charge is 0.333 e. The van der Waals surface area contributed by atoms with Crippen molar-refractivity contribution in [3.8, 4) is 0 Å². The summed E-state index contributed by atoms with van der Waals surface area (Å²) in [5, 5.41) is 3.26. The first kappa shape index (κ1) is 15.9. The van der Waals surface area contributed by atoms with Crippen molar-refractivity contribution in [1.29, 1.82) is 0 Å². The van der Waals surface area contributed by atoms with Crippen LogP contribution in [0.4, 0.5) is 9.52 Å². The van der Waals surface area contributed by atoms with Gasteiger partial charge in [-0.05, 0) is 12.1 Å². The molecule has 0 saturated carbocycles. The standard InChI is InChI=1S/C15H13ClFN3O2S/c1-8(21)18-15-19-11-5-6-20(7-12(11)23-15)14(22)13-9(16)3-2-4-10(13)17/h2-4H,5-7H2,1H3,(H,18,19,21). The number of amides is 2. The van der Waals surface area contributed by atoms with Crippen molar-refractivity contribution >= 4 is 39.9 Å². The Balaban J connectivity index is 1.83. The highest BCUT2D eigenvalue weighted by molar-refractivity contribution is 7.15. The number of nitrogens with zero attached hydrogens (tertiary/aromatic N) is 2. The molecule has 23 heavy (non-hydrogen) atoms. The third-order valence-corrected chi connectivity index (χ3v) is 4.79. The molecule has 1 N–H and O–H groups in total. The number of carbonyl (C=O) groups excluding carboxylic acids is 2. The van der Waals surface area contributed by atoms with Gasteiger partial charge in [-0.2, -0.15) is 0 Å². The fourth-order valence-corrected chi connectivity index (χ4v) is 3.75. The Morgan fingerprint density at radius 1 is 1.43 bits per heavy atom. The number of nitrogens with one attached hydrogen (secondary N) is 1. The highest BCUT2D eigenvalue weighted by Gasteiger charge is 2.27. The minimum Gasteiger partial charge on any atom is -0.333 e. The third-order valence-electron chi connectivity index (χ3n) is 3.48. The molecule has 2 aromatic rings. The molecule has 0 atom stereocenters. The van der Waals surface area contributed by atoms with Crippen LogP contribution in [0.15, 0.2) is 18.2 Å². The van der Waals surface area contributed by atoms with Gasteiger partial charge in [0.25, 0.3) is 5.91 Å². The highest BCUT2D eigenvalue weighted by Crippen LogP contribution is 2.30. The summed E-state index contributed by atoms with van der Waals surface area (Å²) in [6.07, 6.45) is 0.559. The Bertz CT molecular complexity index is 773. The molecule has 8 heteroatoms. The minimum atomic E-state index is -0.628. The molecule has 5 nitrogen and oxygen atoms in total. The Hall–Kier alpha value is -1.99. The molecular formula is C15H13ClFN3O2S. The van der Waals surface area contributed by atoms with Crippen LogP contribution in [-0.4, -0.2) is 28.2 Å². The van der Waals surface area contributed by atoms with Crippen LogP contribution in [0.2, 0.25) is 5.02 Å². The summed E-state index contributed by atoms with van der Waals surface area (Å²) in [6.45, 7) is 2.17. The molecule has 0 spiro atoms. The summed E-state index contributed by atoms with van der Waals surface area (Å²) < 4.78 is 13.9. The Kier molecular flexibility index (Phi) is 4.32. The van der Waals surface area contributed by atoms with E-state index < -0.39 is 11.7 Å². The van der Waals surface area contributed by atoms with E-state index in [1.54, 1.807) is 4.90 Å². The van der Waals surface area contributed by atoms with E-state index in [4.69, 9.17) is 11.6 Å². The Morgan fingerprint density at radius 2 is 2.22 bits per heavy atom. The molecule has 1 aliphatic heterocycles. The van der Waals surface area contributed by atoms with E-state index in [-0.39, 0.29) is 16.5 Å². The van der Waals surface area contributed by atoms with Crippen molar-refractivity contribution in [2.75, 3.05) is 11.9 Å². The number of hydrogen-bond acceptors (Lipinski definition) is 4. The number of hydrogen-bond donors (Lipinski definition) is 1. The summed E-state index contributed by atoms with van der Waals surface area (Å²) in [5.41, 5.74) is 0.756. The minimum absolute atomic E-state index is 0.101. The van der Waals surface area contributed by atoms with Gasteiger partial charge in [0.2, 0.25) is 5.91 Å². The number of thiazole rings is 1. The molecule has 1 aliphatic rings. The summed E-state index contributed by atoms with van der Waals surface area (Å²) in [4.78, 5) is 30.4. The number of carbonyl (C=O) groups is 2. The lowest BCUT2D eigenvalue weighted by atomic mass is 10.1. The van der Waals surface area contributed by atoms with Gasteiger partial charge in [0.1, 0.15) is 5.82 Å². The van der Waals surface area contributed by atoms with Crippen LogP contribution >= 0.6 is 22.9 Å². The lowest BCUT2D eigenvalue weighted by Crippen LogP contribution is -2.36. The molecule has 0 saturated heterocycles. The van der Waals surface area contributed by atoms with Crippen molar-refractivity contribution in [3.63, 3.8) is 0 Å². The summed E-state index contributed by atoms with van der Waals surface area (Å²) >= 11 is 7.29. The van der Waals surface area contributed by atoms with Crippen molar-refractivity contribution in [3.05, 3.63) is 45.2 Å². The number of aromatic nitrogens is 1. The summed E-state index contributed by atoms with van der Waals surface area (Å²) in [6, 6.07) is 4.18. The number of benzene rings is 1. The predicted molar refractivity (Wildman–Crippen MR) is 86.3 cm³/mol. The van der Waals surface area contributed by atoms with Crippen LogP contribution in [-0.2, 0) is 17.8 Å². The Morgan fingerprint density at radius 3 is 2.91 bits per heavy atom. The first-order valence-electron chi connectivity index (χ1n) is 6.95. The maximum atomic E-state index is 13.9. The molecule has 1 aromatic carbocycles. The van der Waals surface area contributed by atoms with Gasteiger partial charge in [0.05, 0.1) is 22.8 Å². The monoisotopic (exact) mass is 353 g/mol. The fraction of sp³-hybridized carbons (Fsp3) is 0.267. The van der Waals surface area contributed by atoms with Crippen LogP contribution in [0, 0.1) is 5.82 Å². The van der Waals surface area contributed by atoms with Crippen LogP contribution in [0.25, 0.3) is 0 Å². The van der Waals surface area contributed by atoms with Crippen LogP contribution in [0.1, 0.15) is 27.9 Å². The lowest BCUT2D eigenvalue weighted by Gasteiger charge is -2.26. The van der Waals surface area contributed by atoms with Gasteiger partial charge in [-0.25, -0.2) is 9.37 Å². The second kappa shape index (κ2) is 6.25. The molecule has 2 amide bonds. The van der Waals surface area contributed by atoms with Crippen LogP contribution in [0.3, 0.4) is 0 Å². The zero-order valence-electron chi connectivity index (χ0n) is 12.2. The molecule has 0 radical (unpaired) electrons. The Labute approximate surface area is 141 Å². The summed E-state index contributed by atoms with van der Waals surface area (Å²) in [5.74, 6) is -1.26. The maximum Gasteiger partial charge on any atom is 0.258 e. The van der Waals surface area contributed by atoms with E-state index >= 15 is 0 Å². The molecule has 1 aromatic heterocycles. The van der Waals surface area contributed by atoms with E-state index in [0.29, 0.717) is 24.6 Å². The van der Waals surface area contributed by atoms with Gasteiger partial charge in [0, 0.05) is 24.8 Å². The molecule has 0 unspecified atom stereocenters. The molecule has 120 valence electrons. The van der Waals surface area contributed by atoms with Gasteiger partial charge >= 0.3 is 0 Å². The second-order valence-corrected chi connectivity index (χ2v) is 6.63. The second-order valence-electron chi connectivity index (χ2n) is 5.14. The first-order valence-corrected chi connectivity index (χ1v) is 8.14. The predicted octanol–water partition coefficient (Wildman–Crippen LogP) is 3.09. The summed E-state index contributed by atoms with van der Waals surface area (Å²) in [7, 11) is 0. The average molecular weight is 354 g/mol. The first-order chi connectivity index (χ1) is 11.0. The smallest absolute Gasteiger partial charge is 0.258 e. The number of anilines is 1. The lowest BCUT2D eigenvalue weighted by molar-refractivity contribution is -0.114. The SMILES string of the molecule is CC(=O)Nc1nc2c(s1)CN(C(=O)c1c(F)cccc1Cl)CC2. The molecule has 2 heterocycles. The fourth-order valence-electron chi connectivity index (χ4n) is 2.43. The molecular weight excluding hydrogens is 341 g/mol. The van der Waals surface area contributed by atoms with Crippen molar-refractivity contribution < 1.29 is 14.0 Å². The molecule has 0 aliphatic carbocycles. The van der Waals surface area contributed by atoms with E-state index in [1.807, 2.05) is 0 Å². The highest BCUT2D eigenvalue weighted by atomic mass is 35.5. The topological polar surface area (TPSA) is 62.3 Å². The normalized spacial score (nSPS) is 13.6. The quantitative estimate of drug-likeness (QED) is 0.902. The van der Waals surface area contributed by atoms with Gasteiger partial charge in [0.15, 0.2) is 5.13 Å². The van der Waals surface area contributed by atoms with E-state index in [1.165, 1.54) is 36.5 Å². The van der Waals surface area contributed by atoms with Crippen LogP contribution in [0.5, 0.6) is 0 Å². The average Bonchev–Trinajstić information content (AvgIpc) is 2.87. The number of fused-ring (bicyclic) bond motifs is 1. The number of halogens is 2. The maximum absolute atomic E-state index is 13.9. The van der Waals surface area contributed by atoms with E-state index in [2.05, 4.69) is 10.3 Å². The van der Waals surface area contributed by atoms with Crippen LogP contribution < -0.4 is 5.32 Å².